The first-order valence-electron chi connectivity index (χ1n) is 4.89. The molecule has 1 aromatic carbocycles. The Labute approximate surface area is 82.0 Å². The second kappa shape index (κ2) is 3.95. The molecule has 0 saturated heterocycles. The Kier molecular flexibility index (Phi) is 3.13. The molecular weight excluding hydrogens is 156 g/mol. The second-order valence-corrected chi connectivity index (χ2v) is 4.52. The fourth-order valence-electron chi connectivity index (χ4n) is 1.41. The van der Waals surface area contributed by atoms with Crippen molar-refractivity contribution in [3.8, 4) is 0 Å². The van der Waals surface area contributed by atoms with Crippen molar-refractivity contribution in [2.45, 2.75) is 33.6 Å². The number of hydrogen-bond acceptors (Lipinski definition) is 0. The van der Waals surface area contributed by atoms with E-state index in [0.717, 1.165) is 12.8 Å². The Morgan fingerprint density at radius 2 is 1.85 bits per heavy atom. The van der Waals surface area contributed by atoms with Crippen LogP contribution in [-0.2, 0) is 6.42 Å². The first kappa shape index (κ1) is 10.3. The lowest BCUT2D eigenvalue weighted by molar-refractivity contribution is 0.366. The highest BCUT2D eigenvalue weighted by Crippen LogP contribution is 2.26. The molecule has 0 aliphatic heterocycles. The molecule has 0 aromatic heterocycles. The molecule has 71 valence electrons. The fraction of sp³-hybridized carbons (Fsp3) is 0.462. The van der Waals surface area contributed by atoms with Gasteiger partial charge in [0.05, 0.1) is 0 Å². The summed E-state index contributed by atoms with van der Waals surface area (Å²) in [6, 6.07) is 8.60. The molecule has 13 heavy (non-hydrogen) atoms. The van der Waals surface area contributed by atoms with Crippen LogP contribution in [-0.4, -0.2) is 0 Å². The quantitative estimate of drug-likeness (QED) is 0.655. The van der Waals surface area contributed by atoms with Gasteiger partial charge >= 0.3 is 0 Å². The third-order valence-electron chi connectivity index (χ3n) is 2.61. The molecule has 1 aromatic rings. The van der Waals surface area contributed by atoms with Gasteiger partial charge in [-0.3, -0.25) is 0 Å². The van der Waals surface area contributed by atoms with Crippen molar-refractivity contribution in [1.82, 2.24) is 0 Å². The normalized spacial score (nSPS) is 11.7. The molecule has 0 spiro atoms. The Morgan fingerprint density at radius 1 is 1.23 bits per heavy atom. The van der Waals surface area contributed by atoms with Crippen LogP contribution in [0.25, 0.3) is 0 Å². The largest absolute Gasteiger partial charge is 0.0620 e. The highest BCUT2D eigenvalue weighted by Gasteiger charge is 2.16. The first-order valence-corrected chi connectivity index (χ1v) is 4.89. The molecule has 0 bridgehead atoms. The Morgan fingerprint density at radius 3 is 2.38 bits per heavy atom. The fourth-order valence-corrected chi connectivity index (χ4v) is 1.41. The van der Waals surface area contributed by atoms with E-state index in [9.17, 15) is 0 Å². The SMILES string of the molecule is [CH2]CC(C)(C)Cc1ccccc1C. The molecule has 0 atom stereocenters. The number of aryl methyl sites for hydroxylation is 1. The van der Waals surface area contributed by atoms with Gasteiger partial charge in [-0.25, -0.2) is 0 Å². The molecule has 0 heterocycles. The van der Waals surface area contributed by atoms with Crippen molar-refractivity contribution in [2.24, 2.45) is 5.41 Å². The number of rotatable bonds is 3. The average molecular weight is 175 g/mol. The average Bonchev–Trinajstić information content (AvgIpc) is 2.09. The minimum Gasteiger partial charge on any atom is -0.0620 e. The Balaban J connectivity index is 2.80. The summed E-state index contributed by atoms with van der Waals surface area (Å²) in [7, 11) is 0. The molecule has 0 amide bonds. The minimum atomic E-state index is 0.326. The number of benzene rings is 1. The van der Waals surface area contributed by atoms with Crippen molar-refractivity contribution in [1.29, 1.82) is 0 Å². The minimum absolute atomic E-state index is 0.326. The molecule has 1 radical (unpaired) electrons. The zero-order valence-electron chi connectivity index (χ0n) is 8.93. The van der Waals surface area contributed by atoms with Gasteiger partial charge in [0.1, 0.15) is 0 Å². The summed E-state index contributed by atoms with van der Waals surface area (Å²) in [5.41, 5.74) is 3.17. The van der Waals surface area contributed by atoms with Crippen molar-refractivity contribution >= 4 is 0 Å². The summed E-state index contributed by atoms with van der Waals surface area (Å²) in [5.74, 6) is 0. The summed E-state index contributed by atoms with van der Waals surface area (Å²) in [4.78, 5) is 0. The smallest absolute Gasteiger partial charge is 0.0225 e. The summed E-state index contributed by atoms with van der Waals surface area (Å²) in [6.45, 7) is 10.7. The Hall–Kier alpha value is -0.780. The standard InChI is InChI=1S/C13H19/c1-5-13(3,4)10-12-9-7-6-8-11(12)2/h6-9H,1,5,10H2,2-4H3. The number of hydrogen-bond donors (Lipinski definition) is 0. The highest BCUT2D eigenvalue weighted by molar-refractivity contribution is 5.26. The summed E-state index contributed by atoms with van der Waals surface area (Å²) in [6.07, 6.45) is 2.12. The molecule has 0 saturated carbocycles. The molecule has 0 fully saturated rings. The Bertz CT molecular complexity index is 271. The maximum absolute atomic E-state index is 3.98. The van der Waals surface area contributed by atoms with Gasteiger partial charge in [0.25, 0.3) is 0 Å². The van der Waals surface area contributed by atoms with Gasteiger partial charge in [-0.2, -0.15) is 0 Å². The van der Waals surface area contributed by atoms with E-state index in [1.807, 2.05) is 0 Å². The lowest BCUT2D eigenvalue weighted by atomic mass is 9.82. The predicted octanol–water partition coefficient (Wildman–Crippen LogP) is 3.79. The van der Waals surface area contributed by atoms with Crippen LogP contribution in [0.15, 0.2) is 24.3 Å². The van der Waals surface area contributed by atoms with Gasteiger partial charge in [-0.1, -0.05) is 45.0 Å². The van der Waals surface area contributed by atoms with Gasteiger partial charge in [-0.15, -0.1) is 0 Å². The van der Waals surface area contributed by atoms with Crippen LogP contribution in [0.4, 0.5) is 0 Å². The third-order valence-corrected chi connectivity index (χ3v) is 2.61. The molecule has 0 nitrogen and oxygen atoms in total. The van der Waals surface area contributed by atoms with Crippen LogP contribution < -0.4 is 0 Å². The summed E-state index contributed by atoms with van der Waals surface area (Å²) in [5, 5.41) is 0. The van der Waals surface area contributed by atoms with E-state index in [4.69, 9.17) is 0 Å². The molecule has 0 aliphatic carbocycles. The lowest BCUT2D eigenvalue weighted by Crippen LogP contribution is -2.14. The summed E-state index contributed by atoms with van der Waals surface area (Å²) < 4.78 is 0. The van der Waals surface area contributed by atoms with Crippen LogP contribution >= 0.6 is 0 Å². The van der Waals surface area contributed by atoms with E-state index >= 15 is 0 Å². The van der Waals surface area contributed by atoms with Gasteiger partial charge in [0, 0.05) is 0 Å². The topological polar surface area (TPSA) is 0 Å². The van der Waals surface area contributed by atoms with E-state index < -0.39 is 0 Å². The van der Waals surface area contributed by atoms with E-state index in [2.05, 4.69) is 52.0 Å². The molecule has 1 rings (SSSR count). The van der Waals surface area contributed by atoms with Gasteiger partial charge in [0.15, 0.2) is 0 Å². The van der Waals surface area contributed by atoms with E-state index in [-0.39, 0.29) is 0 Å². The third kappa shape index (κ3) is 2.87. The first-order chi connectivity index (χ1) is 6.05. The zero-order valence-corrected chi connectivity index (χ0v) is 8.93. The molecule has 0 heteroatoms. The zero-order chi connectivity index (χ0) is 9.90. The molecular formula is C13H19. The van der Waals surface area contributed by atoms with E-state index in [1.54, 1.807) is 0 Å². The molecule has 0 aliphatic rings. The maximum atomic E-state index is 3.98. The molecule has 0 N–H and O–H groups in total. The van der Waals surface area contributed by atoms with Crippen molar-refractivity contribution in [3.05, 3.63) is 42.3 Å². The van der Waals surface area contributed by atoms with E-state index in [1.165, 1.54) is 11.1 Å². The monoisotopic (exact) mass is 175 g/mol. The van der Waals surface area contributed by atoms with Crippen molar-refractivity contribution < 1.29 is 0 Å². The van der Waals surface area contributed by atoms with Gasteiger partial charge in [0.2, 0.25) is 0 Å². The van der Waals surface area contributed by atoms with Gasteiger partial charge < -0.3 is 0 Å². The van der Waals surface area contributed by atoms with Crippen LogP contribution in [0.3, 0.4) is 0 Å². The van der Waals surface area contributed by atoms with Crippen molar-refractivity contribution in [2.75, 3.05) is 0 Å². The lowest BCUT2D eigenvalue weighted by Gasteiger charge is -2.23. The van der Waals surface area contributed by atoms with Crippen LogP contribution in [0.5, 0.6) is 0 Å². The highest BCUT2D eigenvalue weighted by atomic mass is 14.2. The maximum Gasteiger partial charge on any atom is -0.0225 e. The second-order valence-electron chi connectivity index (χ2n) is 4.52. The summed E-state index contributed by atoms with van der Waals surface area (Å²) >= 11 is 0. The van der Waals surface area contributed by atoms with Gasteiger partial charge in [-0.05, 0) is 36.3 Å². The molecule has 0 unspecified atom stereocenters. The van der Waals surface area contributed by atoms with Crippen LogP contribution in [0.2, 0.25) is 0 Å². The van der Waals surface area contributed by atoms with Crippen molar-refractivity contribution in [3.63, 3.8) is 0 Å². The predicted molar refractivity (Wildman–Crippen MR) is 58.6 cm³/mol. The van der Waals surface area contributed by atoms with Crippen LogP contribution in [0, 0.1) is 19.3 Å². The van der Waals surface area contributed by atoms with E-state index in [0.29, 0.717) is 5.41 Å². The van der Waals surface area contributed by atoms with Crippen LogP contribution in [0.1, 0.15) is 31.4 Å².